The number of aromatic amines is 1. The van der Waals surface area contributed by atoms with E-state index in [2.05, 4.69) is 26.1 Å². The summed E-state index contributed by atoms with van der Waals surface area (Å²) in [5, 5.41) is 7.84. The van der Waals surface area contributed by atoms with Crippen LogP contribution in [0.2, 0.25) is 0 Å². The molecule has 3 aromatic rings. The number of nitrogens with one attached hydrogen (secondary N) is 1. The number of rotatable bonds is 3. The van der Waals surface area contributed by atoms with Gasteiger partial charge >= 0.3 is 0 Å². The molecule has 1 saturated carbocycles. The van der Waals surface area contributed by atoms with Crippen LogP contribution in [0.25, 0.3) is 10.9 Å². The first-order chi connectivity index (χ1) is 18.4. The molecule has 3 unspecified atom stereocenters. The molecule has 3 amide bonds. The second-order valence-electron chi connectivity index (χ2n) is 11.2. The van der Waals surface area contributed by atoms with Crippen LogP contribution in [0, 0.1) is 0 Å². The summed E-state index contributed by atoms with van der Waals surface area (Å²) in [7, 11) is 0. The van der Waals surface area contributed by atoms with E-state index in [1.54, 1.807) is 11.1 Å². The van der Waals surface area contributed by atoms with Crippen molar-refractivity contribution < 1.29 is 19.1 Å². The molecule has 2 aromatic carbocycles. The highest BCUT2D eigenvalue weighted by atomic mass is 79.9. The van der Waals surface area contributed by atoms with Gasteiger partial charge in [0.1, 0.15) is 12.1 Å². The number of carbonyl (C=O) groups is 3. The Balaban J connectivity index is 1.04. The van der Waals surface area contributed by atoms with Gasteiger partial charge in [-0.25, -0.2) is 0 Å². The molecule has 9 nitrogen and oxygen atoms in total. The van der Waals surface area contributed by atoms with Crippen molar-refractivity contribution in [2.75, 3.05) is 31.1 Å². The third-order valence-electron chi connectivity index (χ3n) is 9.71. The fraction of sp³-hybridized carbons (Fsp3) is 0.429. The quantitative estimate of drug-likeness (QED) is 0.517. The number of amides is 3. The molecule has 194 valence electrons. The van der Waals surface area contributed by atoms with Crippen LogP contribution in [-0.4, -0.2) is 81.6 Å². The number of aromatic nitrogens is 2. The maximum atomic E-state index is 14.1. The summed E-state index contributed by atoms with van der Waals surface area (Å²) in [5.74, 6) is -0.0839. The minimum Gasteiger partial charge on any atom is -0.368 e. The molecule has 3 saturated heterocycles. The van der Waals surface area contributed by atoms with E-state index in [-0.39, 0.29) is 42.0 Å². The number of hydrogen-bond donors (Lipinski definition) is 1. The Bertz CT molecular complexity index is 1520. The number of morpholine rings is 1. The highest BCUT2D eigenvalue weighted by Gasteiger charge is 2.74. The fourth-order valence-corrected chi connectivity index (χ4v) is 8.27. The number of nitrogens with zero attached hydrogens (tertiary/aromatic N) is 4. The van der Waals surface area contributed by atoms with Crippen LogP contribution >= 0.6 is 15.9 Å². The van der Waals surface area contributed by atoms with Gasteiger partial charge in [-0.05, 0) is 56.0 Å². The van der Waals surface area contributed by atoms with E-state index in [0.717, 1.165) is 39.5 Å². The molecule has 5 heterocycles. The summed E-state index contributed by atoms with van der Waals surface area (Å²) in [6.45, 7) is 1.57. The topological polar surface area (TPSA) is 98.8 Å². The van der Waals surface area contributed by atoms with E-state index in [9.17, 15) is 14.4 Å². The monoisotopic (exact) mass is 575 g/mol. The van der Waals surface area contributed by atoms with Gasteiger partial charge in [0.25, 0.3) is 5.91 Å². The van der Waals surface area contributed by atoms with Crippen LogP contribution in [-0.2, 0) is 19.7 Å². The predicted molar refractivity (Wildman–Crippen MR) is 142 cm³/mol. The highest BCUT2D eigenvalue weighted by Crippen LogP contribution is 2.59. The number of H-pyrrole nitrogens is 1. The normalized spacial score (nSPS) is 28.3. The Hall–Kier alpha value is -3.24. The number of halogens is 1. The molecule has 0 radical (unpaired) electrons. The molecule has 0 bridgehead atoms. The lowest BCUT2D eigenvalue weighted by Crippen LogP contribution is -2.90. The average Bonchev–Trinajstić information content (AvgIpc) is 3.45. The molecule has 1 N–H and O–H groups in total. The van der Waals surface area contributed by atoms with Crippen molar-refractivity contribution in [1.29, 1.82) is 0 Å². The lowest BCUT2D eigenvalue weighted by molar-refractivity contribution is -0.356. The SMILES string of the molecule is O=C(c1ccc2[nH]ncc2c1)N1CCC2(CC1)C(=O)N(CC(=O)N1C3CCC34OCC14)c1cccc(Br)c12. The lowest BCUT2D eigenvalue weighted by Gasteiger charge is -2.75. The Labute approximate surface area is 227 Å². The first-order valence-corrected chi connectivity index (χ1v) is 14.0. The van der Waals surface area contributed by atoms with Gasteiger partial charge in [0.15, 0.2) is 0 Å². The van der Waals surface area contributed by atoms with Gasteiger partial charge in [-0.1, -0.05) is 22.0 Å². The van der Waals surface area contributed by atoms with E-state index in [0.29, 0.717) is 38.1 Å². The van der Waals surface area contributed by atoms with Gasteiger partial charge in [0.05, 0.1) is 35.8 Å². The van der Waals surface area contributed by atoms with Crippen LogP contribution in [0.3, 0.4) is 0 Å². The number of likely N-dealkylation sites (tertiary alicyclic amines) is 2. The van der Waals surface area contributed by atoms with Crippen LogP contribution in [0.1, 0.15) is 41.6 Å². The number of piperidine rings is 2. The van der Waals surface area contributed by atoms with Crippen LogP contribution in [0.4, 0.5) is 5.69 Å². The second-order valence-corrected chi connectivity index (χ2v) is 12.1. The van der Waals surface area contributed by atoms with E-state index in [1.165, 1.54) is 0 Å². The molecule has 8 rings (SSSR count). The Kier molecular flexibility index (Phi) is 4.58. The molecule has 3 atom stereocenters. The number of ether oxygens (including phenoxy) is 1. The first kappa shape index (κ1) is 22.7. The number of carbonyl (C=O) groups excluding carboxylic acids is 3. The highest BCUT2D eigenvalue weighted by molar-refractivity contribution is 9.10. The fourth-order valence-electron chi connectivity index (χ4n) is 7.53. The van der Waals surface area contributed by atoms with Crippen LogP contribution in [0.5, 0.6) is 0 Å². The van der Waals surface area contributed by atoms with Crippen molar-refractivity contribution in [3.05, 3.63) is 58.2 Å². The van der Waals surface area contributed by atoms with E-state index >= 15 is 0 Å². The largest absolute Gasteiger partial charge is 0.368 e. The van der Waals surface area contributed by atoms with Gasteiger partial charge in [0.2, 0.25) is 11.8 Å². The molecule has 38 heavy (non-hydrogen) atoms. The van der Waals surface area contributed by atoms with E-state index < -0.39 is 5.41 Å². The van der Waals surface area contributed by atoms with Gasteiger partial charge in [-0.2, -0.15) is 5.10 Å². The molecule has 10 heteroatoms. The summed E-state index contributed by atoms with van der Waals surface area (Å²) >= 11 is 3.70. The van der Waals surface area contributed by atoms with Crippen LogP contribution < -0.4 is 4.90 Å². The van der Waals surface area contributed by atoms with Crippen molar-refractivity contribution in [3.63, 3.8) is 0 Å². The molecule has 2 spiro atoms. The summed E-state index contributed by atoms with van der Waals surface area (Å²) in [6, 6.07) is 11.7. The van der Waals surface area contributed by atoms with Crippen molar-refractivity contribution in [3.8, 4) is 0 Å². The maximum Gasteiger partial charge on any atom is 0.253 e. The van der Waals surface area contributed by atoms with Crippen molar-refractivity contribution >= 4 is 50.2 Å². The molecule has 4 fully saturated rings. The third kappa shape index (κ3) is 2.74. The van der Waals surface area contributed by atoms with Crippen molar-refractivity contribution in [2.45, 2.75) is 48.8 Å². The van der Waals surface area contributed by atoms with E-state index in [1.807, 2.05) is 46.2 Å². The average molecular weight is 576 g/mol. The van der Waals surface area contributed by atoms with Crippen LogP contribution in [0.15, 0.2) is 47.1 Å². The maximum absolute atomic E-state index is 14.1. The minimum absolute atomic E-state index is 0.00259. The Morgan fingerprint density at radius 2 is 1.97 bits per heavy atom. The molecule has 5 aliphatic rings. The Morgan fingerprint density at radius 1 is 1.13 bits per heavy atom. The van der Waals surface area contributed by atoms with Gasteiger partial charge < -0.3 is 19.4 Å². The van der Waals surface area contributed by atoms with Gasteiger partial charge in [-0.15, -0.1) is 0 Å². The number of anilines is 1. The predicted octanol–water partition coefficient (Wildman–Crippen LogP) is 2.99. The molecule has 1 aromatic heterocycles. The zero-order valence-corrected chi connectivity index (χ0v) is 22.2. The zero-order chi connectivity index (χ0) is 25.8. The minimum atomic E-state index is -0.754. The number of hydrogen-bond acceptors (Lipinski definition) is 5. The second kappa shape index (κ2) is 7.66. The van der Waals surface area contributed by atoms with Crippen molar-refractivity contribution in [2.24, 2.45) is 0 Å². The summed E-state index contributed by atoms with van der Waals surface area (Å²) < 4.78 is 6.68. The lowest BCUT2D eigenvalue weighted by atomic mass is 9.58. The molecular formula is C28H26BrN5O4. The molecule has 1 aliphatic carbocycles. The molecule has 4 aliphatic heterocycles. The van der Waals surface area contributed by atoms with Gasteiger partial charge in [0, 0.05) is 39.8 Å². The third-order valence-corrected chi connectivity index (χ3v) is 10.4. The molecular weight excluding hydrogens is 550 g/mol. The first-order valence-electron chi connectivity index (χ1n) is 13.2. The Morgan fingerprint density at radius 3 is 2.68 bits per heavy atom. The standard InChI is InChI=1S/C28H26BrN5O4/c29-18-2-1-3-20-24(18)27(26(37)33(20)14-23(35)34-21-6-7-28(21)22(34)15-38-28)8-10-32(11-9-27)25(36)16-4-5-19-17(12-16)13-30-31-19/h1-5,12-13,21-22H,6-11,14-15H2,(H,30,31). The summed E-state index contributed by atoms with van der Waals surface area (Å²) in [5.41, 5.74) is 2.40. The number of fused-ring (bicyclic) bond motifs is 3. The summed E-state index contributed by atoms with van der Waals surface area (Å²) in [6.07, 6.45) is 4.73. The van der Waals surface area contributed by atoms with E-state index in [4.69, 9.17) is 4.74 Å². The summed E-state index contributed by atoms with van der Waals surface area (Å²) in [4.78, 5) is 46.4. The smallest absolute Gasteiger partial charge is 0.253 e. The van der Waals surface area contributed by atoms with Gasteiger partial charge in [-0.3, -0.25) is 19.5 Å². The van der Waals surface area contributed by atoms with Crippen molar-refractivity contribution in [1.82, 2.24) is 20.0 Å². The number of benzene rings is 2. The zero-order valence-electron chi connectivity index (χ0n) is 20.7.